The van der Waals surface area contributed by atoms with E-state index in [0.717, 1.165) is 0 Å². The number of halogens is 4. The third-order valence-electron chi connectivity index (χ3n) is 2.07. The number of amides is 1. The molecule has 0 saturated carbocycles. The quantitative estimate of drug-likeness (QED) is 0.488. The number of benzene rings is 1. The van der Waals surface area contributed by atoms with Gasteiger partial charge in [-0.15, -0.1) is 0 Å². The molecule has 10 heteroatoms. The summed E-state index contributed by atoms with van der Waals surface area (Å²) >= 11 is 2.68. The lowest BCUT2D eigenvalue weighted by Gasteiger charge is -2.08. The number of alkyl halides is 3. The van der Waals surface area contributed by atoms with Gasteiger partial charge in [-0.05, 0) is 33.8 Å². The van der Waals surface area contributed by atoms with E-state index in [2.05, 4.69) is 21.2 Å². The van der Waals surface area contributed by atoms with Crippen LogP contribution in [0.3, 0.4) is 0 Å². The average molecular weight is 373 g/mol. The van der Waals surface area contributed by atoms with Crippen molar-refractivity contribution in [3.05, 3.63) is 38.3 Å². The van der Waals surface area contributed by atoms with E-state index in [1.54, 1.807) is 0 Å². The van der Waals surface area contributed by atoms with E-state index >= 15 is 0 Å². The van der Waals surface area contributed by atoms with Gasteiger partial charge in [-0.3, -0.25) is 14.9 Å². The molecule has 0 heterocycles. The number of nitrogens with zero attached hydrogens (tertiary/aromatic N) is 1. The number of nitro benzene ring substituents is 1. The van der Waals surface area contributed by atoms with Crippen molar-refractivity contribution in [1.82, 2.24) is 5.32 Å². The number of nitrogens with one attached hydrogen (secondary N) is 1. The maximum absolute atomic E-state index is 11.9. The molecular formula is C10H8BrF3N2O3S. The topological polar surface area (TPSA) is 72.2 Å². The highest BCUT2D eigenvalue weighted by Gasteiger charge is 2.27. The van der Waals surface area contributed by atoms with Crippen LogP contribution in [0.1, 0.15) is 10.4 Å². The van der Waals surface area contributed by atoms with Gasteiger partial charge >= 0.3 is 5.51 Å². The van der Waals surface area contributed by atoms with Crippen molar-refractivity contribution in [1.29, 1.82) is 0 Å². The molecule has 0 fully saturated rings. The van der Waals surface area contributed by atoms with Gasteiger partial charge in [0, 0.05) is 18.4 Å². The molecule has 1 aromatic carbocycles. The van der Waals surface area contributed by atoms with Crippen LogP contribution >= 0.6 is 27.7 Å². The molecule has 1 N–H and O–H groups in total. The van der Waals surface area contributed by atoms with Crippen molar-refractivity contribution >= 4 is 39.3 Å². The van der Waals surface area contributed by atoms with Gasteiger partial charge in [-0.25, -0.2) is 0 Å². The van der Waals surface area contributed by atoms with E-state index in [0.29, 0.717) is 0 Å². The molecular weight excluding hydrogens is 365 g/mol. The third-order valence-corrected chi connectivity index (χ3v) is 3.64. The number of thioether (sulfide) groups is 1. The molecule has 110 valence electrons. The zero-order valence-electron chi connectivity index (χ0n) is 9.74. The highest BCUT2D eigenvalue weighted by Crippen LogP contribution is 2.30. The number of nitro groups is 1. The first-order valence-electron chi connectivity index (χ1n) is 5.14. The first-order chi connectivity index (χ1) is 9.22. The predicted octanol–water partition coefficient (Wildman–Crippen LogP) is 3.34. The molecule has 0 aliphatic rings. The summed E-state index contributed by atoms with van der Waals surface area (Å²) in [4.78, 5) is 21.7. The zero-order valence-corrected chi connectivity index (χ0v) is 12.1. The van der Waals surface area contributed by atoms with Gasteiger partial charge in [-0.1, -0.05) is 6.07 Å². The monoisotopic (exact) mass is 372 g/mol. The Morgan fingerprint density at radius 1 is 1.45 bits per heavy atom. The molecule has 1 amide bonds. The zero-order chi connectivity index (χ0) is 15.3. The van der Waals surface area contributed by atoms with E-state index in [1.807, 2.05) is 0 Å². The standard InChI is InChI=1S/C10H8BrF3N2O3S/c11-8-6(2-1-3-7(8)16(18)19)9(17)15-4-5-20-10(12,13)14/h1-3H,4-5H2,(H,15,17). The Kier molecular flexibility index (Phi) is 5.81. The predicted molar refractivity (Wildman–Crippen MR) is 71.6 cm³/mol. The van der Waals surface area contributed by atoms with Gasteiger partial charge in [0.15, 0.2) is 0 Å². The van der Waals surface area contributed by atoms with E-state index < -0.39 is 16.3 Å². The second kappa shape index (κ2) is 6.93. The fourth-order valence-corrected chi connectivity index (χ4v) is 2.29. The van der Waals surface area contributed by atoms with Gasteiger partial charge in [0.1, 0.15) is 4.47 Å². The Hall–Kier alpha value is -1.29. The van der Waals surface area contributed by atoms with Gasteiger partial charge in [0.2, 0.25) is 0 Å². The van der Waals surface area contributed by atoms with Crippen LogP contribution in [0.25, 0.3) is 0 Å². The highest BCUT2D eigenvalue weighted by atomic mass is 79.9. The minimum absolute atomic E-state index is 0.00351. The summed E-state index contributed by atoms with van der Waals surface area (Å²) in [5.74, 6) is -1.01. The second-order valence-electron chi connectivity index (χ2n) is 3.45. The molecule has 1 rings (SSSR count). The summed E-state index contributed by atoms with van der Waals surface area (Å²) in [6.07, 6.45) is 0. The van der Waals surface area contributed by atoms with Crippen molar-refractivity contribution in [2.24, 2.45) is 0 Å². The fourth-order valence-electron chi connectivity index (χ4n) is 1.26. The molecule has 0 unspecified atom stereocenters. The minimum Gasteiger partial charge on any atom is -0.351 e. The van der Waals surface area contributed by atoms with E-state index in [9.17, 15) is 28.1 Å². The Balaban J connectivity index is 2.65. The average Bonchev–Trinajstić information content (AvgIpc) is 2.33. The Morgan fingerprint density at radius 3 is 2.65 bits per heavy atom. The Morgan fingerprint density at radius 2 is 2.10 bits per heavy atom. The molecule has 0 aliphatic heterocycles. The fraction of sp³-hybridized carbons (Fsp3) is 0.300. The normalized spacial score (nSPS) is 11.2. The summed E-state index contributed by atoms with van der Waals surface area (Å²) in [5.41, 5.74) is -4.64. The first-order valence-corrected chi connectivity index (χ1v) is 6.92. The lowest BCUT2D eigenvalue weighted by molar-refractivity contribution is -0.385. The molecule has 0 spiro atoms. The summed E-state index contributed by atoms with van der Waals surface area (Å²) in [5, 5.41) is 12.9. The molecule has 0 aliphatic carbocycles. The molecule has 0 atom stereocenters. The number of carbonyl (C=O) groups excluding carboxylic acids is 1. The SMILES string of the molecule is O=C(NCCSC(F)(F)F)c1cccc([N+](=O)[O-])c1Br. The lowest BCUT2D eigenvalue weighted by Crippen LogP contribution is -2.27. The van der Waals surface area contributed by atoms with Crippen molar-refractivity contribution in [3.8, 4) is 0 Å². The van der Waals surface area contributed by atoms with Crippen LogP contribution in [-0.2, 0) is 0 Å². The maximum atomic E-state index is 11.9. The lowest BCUT2D eigenvalue weighted by atomic mass is 10.2. The number of carbonyl (C=O) groups is 1. The molecule has 5 nitrogen and oxygen atoms in total. The molecule has 20 heavy (non-hydrogen) atoms. The van der Waals surface area contributed by atoms with Crippen LogP contribution in [0, 0.1) is 10.1 Å². The summed E-state index contributed by atoms with van der Waals surface area (Å²) in [6.45, 7) is -0.196. The first kappa shape index (κ1) is 16.8. The number of hydrogen-bond acceptors (Lipinski definition) is 4. The van der Waals surface area contributed by atoms with Gasteiger partial charge in [0.05, 0.1) is 10.5 Å². The van der Waals surface area contributed by atoms with Crippen LogP contribution in [-0.4, -0.2) is 28.6 Å². The molecule has 0 radical (unpaired) electrons. The largest absolute Gasteiger partial charge is 0.441 e. The van der Waals surface area contributed by atoms with Gasteiger partial charge < -0.3 is 5.32 Å². The number of rotatable bonds is 5. The van der Waals surface area contributed by atoms with E-state index in [4.69, 9.17) is 0 Å². The summed E-state index contributed by atoms with van der Waals surface area (Å²) in [6, 6.07) is 3.87. The Bertz CT molecular complexity index is 525. The van der Waals surface area contributed by atoms with Gasteiger partial charge in [0.25, 0.3) is 11.6 Å². The van der Waals surface area contributed by atoms with Crippen molar-refractivity contribution < 1.29 is 22.9 Å². The molecule has 0 aromatic heterocycles. The second-order valence-corrected chi connectivity index (χ2v) is 5.40. The van der Waals surface area contributed by atoms with Gasteiger partial charge in [-0.2, -0.15) is 13.2 Å². The summed E-state index contributed by atoms with van der Waals surface area (Å²) in [7, 11) is 0. The van der Waals surface area contributed by atoms with Crippen LogP contribution in [0.4, 0.5) is 18.9 Å². The highest BCUT2D eigenvalue weighted by molar-refractivity contribution is 9.10. The van der Waals surface area contributed by atoms with Crippen LogP contribution < -0.4 is 5.32 Å². The third kappa shape index (κ3) is 5.00. The molecule has 1 aromatic rings. The van der Waals surface area contributed by atoms with Crippen molar-refractivity contribution in [2.45, 2.75) is 5.51 Å². The van der Waals surface area contributed by atoms with Crippen molar-refractivity contribution in [3.63, 3.8) is 0 Å². The maximum Gasteiger partial charge on any atom is 0.441 e. The molecule has 0 saturated heterocycles. The smallest absolute Gasteiger partial charge is 0.351 e. The number of hydrogen-bond donors (Lipinski definition) is 1. The Labute approximate surface area is 124 Å². The van der Waals surface area contributed by atoms with Crippen LogP contribution in [0.5, 0.6) is 0 Å². The van der Waals surface area contributed by atoms with E-state index in [-0.39, 0.29) is 39.8 Å². The van der Waals surface area contributed by atoms with Crippen molar-refractivity contribution in [2.75, 3.05) is 12.3 Å². The van der Waals surface area contributed by atoms with Crippen LogP contribution in [0.2, 0.25) is 0 Å². The minimum atomic E-state index is -4.35. The summed E-state index contributed by atoms with van der Waals surface area (Å²) < 4.78 is 35.6. The van der Waals surface area contributed by atoms with Crippen LogP contribution in [0.15, 0.2) is 22.7 Å². The molecule has 0 bridgehead atoms. The van der Waals surface area contributed by atoms with E-state index in [1.165, 1.54) is 18.2 Å².